The number of phenolic OH excluding ortho intramolecular Hbond substituents is 1. The van der Waals surface area contributed by atoms with Gasteiger partial charge in [-0.25, -0.2) is 14.4 Å². The highest BCUT2D eigenvalue weighted by Gasteiger charge is 2.22. The Morgan fingerprint density at radius 3 is 2.19 bits per heavy atom. The summed E-state index contributed by atoms with van der Waals surface area (Å²) in [5.74, 6) is -0.492. The van der Waals surface area contributed by atoms with Crippen molar-refractivity contribution in [2.24, 2.45) is 0 Å². The van der Waals surface area contributed by atoms with Crippen LogP contribution in [-0.4, -0.2) is 48.1 Å². The lowest BCUT2D eigenvalue weighted by molar-refractivity contribution is -0.142. The van der Waals surface area contributed by atoms with Gasteiger partial charge in [0, 0.05) is 6.42 Å². The van der Waals surface area contributed by atoms with E-state index in [9.17, 15) is 19.5 Å². The summed E-state index contributed by atoms with van der Waals surface area (Å²) in [7, 11) is 1.22. The number of amides is 3. The Morgan fingerprint density at radius 2 is 1.67 bits per heavy atom. The van der Waals surface area contributed by atoms with Crippen molar-refractivity contribution in [2.75, 3.05) is 7.11 Å². The van der Waals surface area contributed by atoms with Crippen LogP contribution in [0.15, 0.2) is 24.3 Å². The number of carbonyl (C=O) groups excluding carboxylic acids is 3. The molecular formula is C18H27N3O6. The first-order valence-electron chi connectivity index (χ1n) is 8.42. The van der Waals surface area contributed by atoms with Crippen LogP contribution in [0.4, 0.5) is 9.59 Å². The molecule has 0 aliphatic carbocycles. The van der Waals surface area contributed by atoms with Gasteiger partial charge in [0.25, 0.3) is 0 Å². The molecule has 0 aromatic heterocycles. The SMILES string of the molecule is COC(=O)[C@H](C)NC(=O)N[C@@H](Cc1ccc(O)cc1)NC(=O)OC(C)(C)C. The fourth-order valence-electron chi connectivity index (χ4n) is 2.09. The van der Waals surface area contributed by atoms with E-state index in [1.54, 1.807) is 32.9 Å². The summed E-state index contributed by atoms with van der Waals surface area (Å²) in [6.07, 6.45) is -1.28. The van der Waals surface area contributed by atoms with Crippen molar-refractivity contribution in [3.05, 3.63) is 29.8 Å². The van der Waals surface area contributed by atoms with Crippen molar-refractivity contribution in [3.63, 3.8) is 0 Å². The summed E-state index contributed by atoms with van der Waals surface area (Å²) < 4.78 is 9.76. The molecule has 3 amide bonds. The number of methoxy groups -OCH3 is 1. The van der Waals surface area contributed by atoms with Crippen molar-refractivity contribution >= 4 is 18.1 Å². The molecule has 0 heterocycles. The molecule has 0 radical (unpaired) electrons. The number of benzene rings is 1. The van der Waals surface area contributed by atoms with Gasteiger partial charge in [-0.15, -0.1) is 0 Å². The monoisotopic (exact) mass is 381 g/mol. The molecule has 0 aliphatic rings. The first kappa shape index (κ1) is 22.1. The predicted octanol–water partition coefficient (Wildman–Crippen LogP) is 1.65. The highest BCUT2D eigenvalue weighted by atomic mass is 16.6. The summed E-state index contributed by atoms with van der Waals surface area (Å²) in [5.41, 5.74) is 0.0598. The van der Waals surface area contributed by atoms with E-state index in [1.165, 1.54) is 26.2 Å². The Kier molecular flexibility index (Phi) is 7.89. The van der Waals surface area contributed by atoms with Crippen molar-refractivity contribution in [3.8, 4) is 5.75 Å². The number of rotatable bonds is 6. The average molecular weight is 381 g/mol. The second-order valence-corrected chi connectivity index (χ2v) is 6.93. The van der Waals surface area contributed by atoms with Gasteiger partial charge in [-0.1, -0.05) is 12.1 Å². The van der Waals surface area contributed by atoms with E-state index in [0.29, 0.717) is 0 Å². The van der Waals surface area contributed by atoms with Crippen LogP contribution < -0.4 is 16.0 Å². The van der Waals surface area contributed by atoms with E-state index >= 15 is 0 Å². The highest BCUT2D eigenvalue weighted by molar-refractivity contribution is 5.83. The van der Waals surface area contributed by atoms with Gasteiger partial charge in [0.2, 0.25) is 0 Å². The summed E-state index contributed by atoms with van der Waals surface area (Å²) >= 11 is 0. The molecule has 0 fully saturated rings. The molecule has 0 bridgehead atoms. The molecule has 2 atom stereocenters. The number of esters is 1. The summed E-state index contributed by atoms with van der Waals surface area (Å²) in [4.78, 5) is 35.6. The van der Waals surface area contributed by atoms with E-state index in [-0.39, 0.29) is 12.2 Å². The van der Waals surface area contributed by atoms with Crippen molar-refractivity contribution in [1.29, 1.82) is 0 Å². The number of aromatic hydroxyl groups is 1. The number of ether oxygens (including phenoxy) is 2. The van der Waals surface area contributed by atoms with Crippen molar-refractivity contribution in [1.82, 2.24) is 16.0 Å². The fourth-order valence-corrected chi connectivity index (χ4v) is 2.09. The molecule has 1 rings (SSSR count). The zero-order valence-corrected chi connectivity index (χ0v) is 16.2. The summed E-state index contributed by atoms with van der Waals surface area (Å²) in [6.45, 7) is 6.64. The molecule has 0 aliphatic heterocycles. The van der Waals surface area contributed by atoms with Crippen LogP contribution in [0.3, 0.4) is 0 Å². The van der Waals surface area contributed by atoms with E-state index in [0.717, 1.165) is 5.56 Å². The molecule has 1 aromatic carbocycles. The molecule has 1 aromatic rings. The Morgan fingerprint density at radius 1 is 1.07 bits per heavy atom. The number of hydrogen-bond acceptors (Lipinski definition) is 6. The van der Waals surface area contributed by atoms with Gasteiger partial charge in [-0.05, 0) is 45.4 Å². The van der Waals surface area contributed by atoms with E-state index in [4.69, 9.17) is 4.74 Å². The van der Waals surface area contributed by atoms with Gasteiger partial charge in [0.1, 0.15) is 23.6 Å². The second kappa shape index (κ2) is 9.65. The number of hydrogen-bond donors (Lipinski definition) is 4. The van der Waals surface area contributed by atoms with Gasteiger partial charge < -0.3 is 30.5 Å². The van der Waals surface area contributed by atoms with Crippen LogP contribution in [0.1, 0.15) is 33.3 Å². The van der Waals surface area contributed by atoms with Crippen LogP contribution in [0.5, 0.6) is 5.75 Å². The van der Waals surface area contributed by atoms with Crippen LogP contribution in [0.25, 0.3) is 0 Å². The molecule has 0 spiro atoms. The number of phenols is 1. The van der Waals surface area contributed by atoms with E-state index in [1.807, 2.05) is 0 Å². The first-order chi connectivity index (χ1) is 12.5. The molecule has 0 saturated carbocycles. The smallest absolute Gasteiger partial charge is 0.409 e. The van der Waals surface area contributed by atoms with Gasteiger partial charge in [0.05, 0.1) is 7.11 Å². The Bertz CT molecular complexity index is 654. The second-order valence-electron chi connectivity index (χ2n) is 6.93. The number of nitrogens with one attached hydrogen (secondary N) is 3. The lowest BCUT2D eigenvalue weighted by Crippen LogP contribution is -2.55. The number of urea groups is 1. The number of carbonyl (C=O) groups is 3. The zero-order valence-electron chi connectivity index (χ0n) is 16.2. The zero-order chi connectivity index (χ0) is 20.6. The topological polar surface area (TPSA) is 126 Å². The third kappa shape index (κ3) is 8.80. The van der Waals surface area contributed by atoms with Gasteiger partial charge in [-0.3, -0.25) is 0 Å². The average Bonchev–Trinajstić information content (AvgIpc) is 2.54. The third-order valence-electron chi connectivity index (χ3n) is 3.27. The molecular weight excluding hydrogens is 354 g/mol. The minimum atomic E-state index is -0.856. The minimum absolute atomic E-state index is 0.105. The maximum absolute atomic E-state index is 12.1. The minimum Gasteiger partial charge on any atom is -0.508 e. The van der Waals surface area contributed by atoms with Crippen LogP contribution >= 0.6 is 0 Å². The Labute approximate surface area is 158 Å². The normalized spacial score (nSPS) is 13.1. The van der Waals surface area contributed by atoms with E-state index < -0.39 is 35.9 Å². The molecule has 27 heavy (non-hydrogen) atoms. The quantitative estimate of drug-likeness (QED) is 0.438. The number of alkyl carbamates (subject to hydrolysis) is 1. The lowest BCUT2D eigenvalue weighted by Gasteiger charge is -2.25. The largest absolute Gasteiger partial charge is 0.508 e. The van der Waals surface area contributed by atoms with Crippen LogP contribution in [0.2, 0.25) is 0 Å². The molecule has 9 nitrogen and oxygen atoms in total. The maximum atomic E-state index is 12.1. The van der Waals surface area contributed by atoms with Gasteiger partial charge in [0.15, 0.2) is 0 Å². The standard InChI is InChI=1S/C18H27N3O6/c1-11(15(23)26-5)19-16(24)20-14(21-17(25)27-18(2,3)4)10-12-6-8-13(22)9-7-12/h6-9,11,14,22H,10H2,1-5H3,(H,21,25)(H2,19,20,24)/t11-,14+/m0/s1. The molecule has 9 heteroatoms. The Balaban J connectivity index is 2.79. The van der Waals surface area contributed by atoms with Crippen molar-refractivity contribution in [2.45, 2.75) is 51.9 Å². The van der Waals surface area contributed by atoms with Crippen molar-refractivity contribution < 1.29 is 29.0 Å². The maximum Gasteiger partial charge on any atom is 0.409 e. The highest BCUT2D eigenvalue weighted by Crippen LogP contribution is 2.11. The molecule has 0 saturated heterocycles. The summed E-state index contributed by atoms with van der Waals surface area (Å²) in [5, 5.41) is 16.9. The first-order valence-corrected chi connectivity index (χ1v) is 8.42. The van der Waals surface area contributed by atoms with E-state index in [2.05, 4.69) is 20.7 Å². The predicted molar refractivity (Wildman–Crippen MR) is 98.1 cm³/mol. The summed E-state index contributed by atoms with van der Waals surface area (Å²) in [6, 6.07) is 4.81. The van der Waals surface area contributed by atoms with Gasteiger partial charge >= 0.3 is 18.1 Å². The lowest BCUT2D eigenvalue weighted by atomic mass is 10.1. The Hall–Kier alpha value is -2.97. The molecule has 0 unspecified atom stereocenters. The fraction of sp³-hybridized carbons (Fsp3) is 0.500. The van der Waals surface area contributed by atoms with Gasteiger partial charge in [-0.2, -0.15) is 0 Å². The van der Waals surface area contributed by atoms with Crippen LogP contribution in [-0.2, 0) is 20.7 Å². The molecule has 150 valence electrons. The van der Waals surface area contributed by atoms with Crippen LogP contribution in [0, 0.1) is 0 Å². The molecule has 4 N–H and O–H groups in total. The third-order valence-corrected chi connectivity index (χ3v) is 3.27.